The molecule has 4 aromatic rings. The Morgan fingerprint density at radius 2 is 1.11 bits per heavy atom. The summed E-state index contributed by atoms with van der Waals surface area (Å²) in [6, 6.07) is 44.5. The van der Waals surface area contributed by atoms with Gasteiger partial charge in [0.25, 0.3) is 0 Å². The van der Waals surface area contributed by atoms with E-state index in [1.165, 1.54) is 54.6 Å². The lowest BCUT2D eigenvalue weighted by atomic mass is 9.70. The quantitative estimate of drug-likeness (QED) is 0.265. The minimum absolute atomic E-state index is 0.182. The maximum Gasteiger partial charge on any atom is 0.0449 e. The van der Waals surface area contributed by atoms with Crippen LogP contribution in [-0.2, 0) is 11.8 Å². The van der Waals surface area contributed by atoms with Crippen molar-refractivity contribution in [2.24, 2.45) is 0 Å². The summed E-state index contributed by atoms with van der Waals surface area (Å²) in [5, 5.41) is 4.10. The van der Waals surface area contributed by atoms with E-state index in [1.54, 1.807) is 0 Å². The summed E-state index contributed by atoms with van der Waals surface area (Å²) in [4.78, 5) is 2.65. The molecule has 184 valence electrons. The van der Waals surface area contributed by atoms with Crippen molar-refractivity contribution in [2.45, 2.75) is 37.1 Å². The molecular formula is C34H38N2. The maximum atomic E-state index is 4.10. The summed E-state index contributed by atoms with van der Waals surface area (Å²) in [6.45, 7) is 4.33. The number of rotatable bonds is 10. The monoisotopic (exact) mass is 474 g/mol. The fraction of sp³-hybridized carbons (Fsp3) is 0.294. The SMILES string of the molecule is c1ccc(CC(CN[C@@H](CN2CCCCC2)c2ccccc2)(c2ccccc2)c2ccccc2)cc1. The molecule has 0 radical (unpaired) electrons. The summed E-state index contributed by atoms with van der Waals surface area (Å²) in [5.41, 5.74) is 5.27. The van der Waals surface area contributed by atoms with Gasteiger partial charge in [0.15, 0.2) is 0 Å². The first kappa shape index (κ1) is 24.5. The number of hydrogen-bond donors (Lipinski definition) is 1. The second-order valence-corrected chi connectivity index (χ2v) is 10.2. The summed E-state index contributed by atoms with van der Waals surface area (Å²) in [5.74, 6) is 0. The molecule has 1 N–H and O–H groups in total. The van der Waals surface area contributed by atoms with Gasteiger partial charge in [-0.3, -0.25) is 0 Å². The molecule has 1 saturated heterocycles. The largest absolute Gasteiger partial charge is 0.308 e. The molecule has 1 fully saturated rings. The minimum Gasteiger partial charge on any atom is -0.308 e. The zero-order chi connectivity index (χ0) is 24.5. The van der Waals surface area contributed by atoms with E-state index in [9.17, 15) is 0 Å². The van der Waals surface area contributed by atoms with Gasteiger partial charge in [-0.15, -0.1) is 0 Å². The number of nitrogens with one attached hydrogen (secondary N) is 1. The zero-order valence-corrected chi connectivity index (χ0v) is 21.2. The van der Waals surface area contributed by atoms with E-state index in [4.69, 9.17) is 0 Å². The smallest absolute Gasteiger partial charge is 0.0449 e. The molecule has 0 aromatic heterocycles. The van der Waals surface area contributed by atoms with Gasteiger partial charge >= 0.3 is 0 Å². The van der Waals surface area contributed by atoms with Gasteiger partial charge in [-0.1, -0.05) is 128 Å². The van der Waals surface area contributed by atoms with Gasteiger partial charge in [-0.2, -0.15) is 0 Å². The second kappa shape index (κ2) is 12.2. The van der Waals surface area contributed by atoms with Crippen molar-refractivity contribution < 1.29 is 0 Å². The lowest BCUT2D eigenvalue weighted by molar-refractivity contribution is 0.202. The van der Waals surface area contributed by atoms with Crippen LogP contribution in [0.4, 0.5) is 0 Å². The zero-order valence-electron chi connectivity index (χ0n) is 21.2. The minimum atomic E-state index is -0.182. The van der Waals surface area contributed by atoms with E-state index in [2.05, 4.69) is 132 Å². The molecule has 1 aliphatic heterocycles. The molecule has 5 rings (SSSR count). The van der Waals surface area contributed by atoms with Crippen molar-refractivity contribution in [3.05, 3.63) is 144 Å². The third-order valence-corrected chi connectivity index (χ3v) is 7.74. The molecule has 4 aromatic carbocycles. The molecule has 0 amide bonds. The van der Waals surface area contributed by atoms with Crippen LogP contribution >= 0.6 is 0 Å². The number of hydrogen-bond acceptors (Lipinski definition) is 2. The van der Waals surface area contributed by atoms with E-state index in [-0.39, 0.29) is 11.5 Å². The number of nitrogens with zero attached hydrogens (tertiary/aromatic N) is 1. The van der Waals surface area contributed by atoms with E-state index in [0.29, 0.717) is 0 Å². The van der Waals surface area contributed by atoms with Crippen LogP contribution < -0.4 is 5.32 Å². The van der Waals surface area contributed by atoms with E-state index in [0.717, 1.165) is 19.5 Å². The Morgan fingerprint density at radius 3 is 1.67 bits per heavy atom. The Balaban J connectivity index is 1.52. The Labute approximate surface area is 217 Å². The van der Waals surface area contributed by atoms with Crippen LogP contribution in [0.2, 0.25) is 0 Å². The predicted octanol–water partition coefficient (Wildman–Crippen LogP) is 7.03. The Bertz CT molecular complexity index is 1110. The maximum absolute atomic E-state index is 4.10. The molecule has 1 atom stereocenters. The first-order valence-corrected chi connectivity index (χ1v) is 13.5. The summed E-state index contributed by atoms with van der Waals surface area (Å²) >= 11 is 0. The molecule has 0 aliphatic carbocycles. The first-order valence-electron chi connectivity index (χ1n) is 13.5. The summed E-state index contributed by atoms with van der Waals surface area (Å²) in [6.07, 6.45) is 4.93. The van der Waals surface area contributed by atoms with Crippen molar-refractivity contribution >= 4 is 0 Å². The summed E-state index contributed by atoms with van der Waals surface area (Å²) in [7, 11) is 0. The lowest BCUT2D eigenvalue weighted by Crippen LogP contribution is -2.45. The van der Waals surface area contributed by atoms with Crippen molar-refractivity contribution in [3.8, 4) is 0 Å². The highest BCUT2D eigenvalue weighted by atomic mass is 15.2. The topological polar surface area (TPSA) is 15.3 Å². The van der Waals surface area contributed by atoms with Gasteiger partial charge < -0.3 is 10.2 Å². The number of piperidine rings is 1. The standard InChI is InChI=1S/C34H38N2/c1-6-16-29(17-7-1)26-34(31-20-10-3-11-21-31,32-22-12-4-13-23-32)28-35-33(30-18-8-2-9-19-30)27-36-24-14-5-15-25-36/h1-4,6-13,16-23,33,35H,5,14-15,24-28H2/t33-/m0/s1. The highest BCUT2D eigenvalue weighted by molar-refractivity contribution is 5.42. The van der Waals surface area contributed by atoms with Gasteiger partial charge in [-0.05, 0) is 54.6 Å². The Morgan fingerprint density at radius 1 is 0.611 bits per heavy atom. The molecule has 0 spiro atoms. The molecule has 2 nitrogen and oxygen atoms in total. The van der Waals surface area contributed by atoms with Crippen LogP contribution in [0.5, 0.6) is 0 Å². The van der Waals surface area contributed by atoms with Crippen LogP contribution in [0.1, 0.15) is 47.6 Å². The Kier molecular flexibility index (Phi) is 8.28. The van der Waals surface area contributed by atoms with Crippen LogP contribution in [0.3, 0.4) is 0 Å². The lowest BCUT2D eigenvalue weighted by Gasteiger charge is -2.38. The van der Waals surface area contributed by atoms with Gasteiger partial charge in [0.1, 0.15) is 0 Å². The molecule has 0 bridgehead atoms. The highest BCUT2D eigenvalue weighted by Crippen LogP contribution is 2.36. The molecule has 1 aliphatic rings. The van der Waals surface area contributed by atoms with Crippen molar-refractivity contribution in [1.29, 1.82) is 0 Å². The van der Waals surface area contributed by atoms with Crippen LogP contribution in [0.25, 0.3) is 0 Å². The highest BCUT2D eigenvalue weighted by Gasteiger charge is 2.35. The fourth-order valence-electron chi connectivity index (χ4n) is 5.77. The third-order valence-electron chi connectivity index (χ3n) is 7.74. The van der Waals surface area contributed by atoms with Crippen molar-refractivity contribution in [2.75, 3.05) is 26.2 Å². The van der Waals surface area contributed by atoms with Crippen LogP contribution in [0, 0.1) is 0 Å². The predicted molar refractivity (Wildman–Crippen MR) is 151 cm³/mol. The average Bonchev–Trinajstić information content (AvgIpc) is 2.97. The fourth-order valence-corrected chi connectivity index (χ4v) is 5.77. The average molecular weight is 475 g/mol. The first-order chi connectivity index (χ1) is 17.8. The Hall–Kier alpha value is -3.20. The number of likely N-dealkylation sites (tertiary alicyclic amines) is 1. The van der Waals surface area contributed by atoms with Gasteiger partial charge in [0, 0.05) is 24.5 Å². The molecule has 0 unspecified atom stereocenters. The van der Waals surface area contributed by atoms with Crippen molar-refractivity contribution in [1.82, 2.24) is 10.2 Å². The molecule has 36 heavy (non-hydrogen) atoms. The molecule has 2 heteroatoms. The van der Waals surface area contributed by atoms with Gasteiger partial charge in [0.05, 0.1) is 0 Å². The van der Waals surface area contributed by atoms with E-state index >= 15 is 0 Å². The second-order valence-electron chi connectivity index (χ2n) is 10.2. The van der Waals surface area contributed by atoms with Gasteiger partial charge in [0.2, 0.25) is 0 Å². The van der Waals surface area contributed by atoms with E-state index < -0.39 is 0 Å². The number of benzene rings is 4. The molecule has 0 saturated carbocycles. The van der Waals surface area contributed by atoms with E-state index in [1.807, 2.05) is 0 Å². The molecule has 1 heterocycles. The molecular weight excluding hydrogens is 436 g/mol. The van der Waals surface area contributed by atoms with Crippen LogP contribution in [-0.4, -0.2) is 31.1 Å². The summed E-state index contributed by atoms with van der Waals surface area (Å²) < 4.78 is 0. The van der Waals surface area contributed by atoms with Crippen molar-refractivity contribution in [3.63, 3.8) is 0 Å². The van der Waals surface area contributed by atoms with Gasteiger partial charge in [-0.25, -0.2) is 0 Å². The van der Waals surface area contributed by atoms with Crippen LogP contribution in [0.15, 0.2) is 121 Å². The third kappa shape index (κ3) is 5.95. The normalized spacial score (nSPS) is 15.4.